The summed E-state index contributed by atoms with van der Waals surface area (Å²) in [6.07, 6.45) is 3.86. The molecule has 1 saturated heterocycles. The van der Waals surface area contributed by atoms with Gasteiger partial charge in [-0.25, -0.2) is 0 Å². The fourth-order valence-corrected chi connectivity index (χ4v) is 3.30. The van der Waals surface area contributed by atoms with Gasteiger partial charge in [-0.2, -0.15) is 0 Å². The highest BCUT2D eigenvalue weighted by Gasteiger charge is 2.29. The van der Waals surface area contributed by atoms with Crippen LogP contribution in [0.5, 0.6) is 0 Å². The van der Waals surface area contributed by atoms with Crippen LogP contribution in [0.4, 0.5) is 0 Å². The third-order valence-electron chi connectivity index (χ3n) is 4.69. The van der Waals surface area contributed by atoms with E-state index in [9.17, 15) is 0 Å². The second kappa shape index (κ2) is 6.73. The molecule has 0 aliphatic carbocycles. The Bertz CT molecular complexity index is 435. The largest absolute Gasteiger partial charge is 0.376 e. The lowest BCUT2D eigenvalue weighted by Gasteiger charge is -2.29. The summed E-state index contributed by atoms with van der Waals surface area (Å²) in [6.45, 7) is 13.1. The van der Waals surface area contributed by atoms with E-state index in [0.29, 0.717) is 12.1 Å². The molecule has 2 nitrogen and oxygen atoms in total. The lowest BCUT2D eigenvalue weighted by molar-refractivity contribution is 0.0779. The number of hydrogen-bond acceptors (Lipinski definition) is 2. The van der Waals surface area contributed by atoms with E-state index < -0.39 is 0 Å². The maximum absolute atomic E-state index is 5.99. The number of benzene rings is 1. The van der Waals surface area contributed by atoms with Crippen LogP contribution in [0.2, 0.25) is 0 Å². The zero-order valence-electron chi connectivity index (χ0n) is 13.7. The Morgan fingerprint density at radius 1 is 1.20 bits per heavy atom. The predicted octanol–water partition coefficient (Wildman–Crippen LogP) is 4.14. The van der Waals surface area contributed by atoms with Crippen LogP contribution >= 0.6 is 0 Å². The van der Waals surface area contributed by atoms with E-state index in [1.807, 2.05) is 0 Å². The van der Waals surface area contributed by atoms with Crippen molar-refractivity contribution in [2.75, 3.05) is 13.2 Å². The molecule has 2 rings (SSSR count). The summed E-state index contributed by atoms with van der Waals surface area (Å²) >= 11 is 0. The van der Waals surface area contributed by atoms with Crippen LogP contribution in [0.3, 0.4) is 0 Å². The SMILES string of the molecule is CCCNC(c1c(C)c(C)cc(C)c1C)C1CCCO1. The molecule has 0 radical (unpaired) electrons. The average molecular weight is 275 g/mol. The van der Waals surface area contributed by atoms with Crippen LogP contribution in [0, 0.1) is 27.7 Å². The molecule has 112 valence electrons. The molecule has 2 atom stereocenters. The zero-order chi connectivity index (χ0) is 14.7. The van der Waals surface area contributed by atoms with Crippen LogP contribution in [0.1, 0.15) is 60.0 Å². The zero-order valence-corrected chi connectivity index (χ0v) is 13.7. The third-order valence-corrected chi connectivity index (χ3v) is 4.69. The van der Waals surface area contributed by atoms with E-state index in [0.717, 1.165) is 19.6 Å². The van der Waals surface area contributed by atoms with Crippen molar-refractivity contribution < 1.29 is 4.74 Å². The van der Waals surface area contributed by atoms with Gasteiger partial charge in [0.05, 0.1) is 12.1 Å². The molecule has 1 aromatic carbocycles. The molecule has 0 amide bonds. The Morgan fingerprint density at radius 3 is 2.35 bits per heavy atom. The average Bonchev–Trinajstić information content (AvgIpc) is 2.94. The summed E-state index contributed by atoms with van der Waals surface area (Å²) in [7, 11) is 0. The number of ether oxygens (including phenoxy) is 1. The fourth-order valence-electron chi connectivity index (χ4n) is 3.30. The van der Waals surface area contributed by atoms with E-state index in [1.54, 1.807) is 0 Å². The number of hydrogen-bond donors (Lipinski definition) is 1. The molecule has 0 bridgehead atoms. The van der Waals surface area contributed by atoms with Crippen LogP contribution in [-0.2, 0) is 4.74 Å². The van der Waals surface area contributed by atoms with E-state index in [1.165, 1.54) is 40.7 Å². The monoisotopic (exact) mass is 275 g/mol. The molecule has 1 aliphatic heterocycles. The third kappa shape index (κ3) is 3.07. The van der Waals surface area contributed by atoms with Crippen LogP contribution in [0.15, 0.2) is 6.07 Å². The molecule has 0 spiro atoms. The lowest BCUT2D eigenvalue weighted by atomic mass is 9.87. The Hall–Kier alpha value is -0.860. The second-order valence-electron chi connectivity index (χ2n) is 6.16. The van der Waals surface area contributed by atoms with E-state index >= 15 is 0 Å². The van der Waals surface area contributed by atoms with Crippen molar-refractivity contribution in [3.05, 3.63) is 33.9 Å². The first kappa shape index (κ1) is 15.5. The number of aryl methyl sites for hydroxylation is 2. The van der Waals surface area contributed by atoms with Crippen LogP contribution < -0.4 is 5.32 Å². The van der Waals surface area contributed by atoms with Crippen molar-refractivity contribution in [2.24, 2.45) is 0 Å². The Labute approximate surface area is 123 Å². The van der Waals surface area contributed by atoms with E-state index in [-0.39, 0.29) is 0 Å². The number of nitrogens with one attached hydrogen (secondary N) is 1. The molecular formula is C18H29NO. The van der Waals surface area contributed by atoms with Gasteiger partial charge < -0.3 is 10.1 Å². The maximum atomic E-state index is 5.99. The van der Waals surface area contributed by atoms with Gasteiger partial charge in [0.25, 0.3) is 0 Å². The normalized spacial score (nSPS) is 20.4. The highest BCUT2D eigenvalue weighted by Crippen LogP contribution is 2.33. The summed E-state index contributed by atoms with van der Waals surface area (Å²) in [6, 6.07) is 2.65. The summed E-state index contributed by atoms with van der Waals surface area (Å²) in [5, 5.41) is 3.74. The smallest absolute Gasteiger partial charge is 0.0770 e. The predicted molar refractivity (Wildman–Crippen MR) is 85.4 cm³/mol. The molecule has 1 aromatic rings. The van der Waals surface area contributed by atoms with Gasteiger partial charge in [0.1, 0.15) is 0 Å². The van der Waals surface area contributed by atoms with Crippen molar-refractivity contribution in [3.63, 3.8) is 0 Å². The summed E-state index contributed by atoms with van der Waals surface area (Å²) in [4.78, 5) is 0. The molecule has 0 aromatic heterocycles. The van der Waals surface area contributed by atoms with Gasteiger partial charge in [-0.05, 0) is 81.3 Å². The first-order chi connectivity index (χ1) is 9.56. The quantitative estimate of drug-likeness (QED) is 0.872. The second-order valence-corrected chi connectivity index (χ2v) is 6.16. The molecular weight excluding hydrogens is 246 g/mol. The highest BCUT2D eigenvalue weighted by molar-refractivity contribution is 5.46. The van der Waals surface area contributed by atoms with Crippen LogP contribution in [0.25, 0.3) is 0 Å². The van der Waals surface area contributed by atoms with Crippen molar-refractivity contribution in [1.82, 2.24) is 5.32 Å². The molecule has 1 heterocycles. The number of rotatable bonds is 5. The molecule has 1 aliphatic rings. The van der Waals surface area contributed by atoms with Gasteiger partial charge in [0, 0.05) is 6.61 Å². The fraction of sp³-hybridized carbons (Fsp3) is 0.667. The van der Waals surface area contributed by atoms with Gasteiger partial charge in [0.15, 0.2) is 0 Å². The molecule has 2 heteroatoms. The minimum Gasteiger partial charge on any atom is -0.376 e. The lowest BCUT2D eigenvalue weighted by Crippen LogP contribution is -2.33. The van der Waals surface area contributed by atoms with Gasteiger partial charge in [-0.15, -0.1) is 0 Å². The minimum absolute atomic E-state index is 0.333. The topological polar surface area (TPSA) is 21.3 Å². The summed E-state index contributed by atoms with van der Waals surface area (Å²) in [5.41, 5.74) is 7.12. The molecule has 20 heavy (non-hydrogen) atoms. The summed E-state index contributed by atoms with van der Waals surface area (Å²) < 4.78 is 5.99. The van der Waals surface area contributed by atoms with Gasteiger partial charge in [-0.1, -0.05) is 13.0 Å². The first-order valence-electron chi connectivity index (χ1n) is 7.98. The standard InChI is InChI=1S/C18H29NO/c1-6-9-19-18(16-8-7-10-20-16)17-14(4)12(2)11-13(3)15(17)5/h11,16,18-19H,6-10H2,1-5H3. The van der Waals surface area contributed by atoms with Crippen molar-refractivity contribution in [1.29, 1.82) is 0 Å². The highest BCUT2D eigenvalue weighted by atomic mass is 16.5. The van der Waals surface area contributed by atoms with Crippen LogP contribution in [-0.4, -0.2) is 19.3 Å². The van der Waals surface area contributed by atoms with Crippen molar-refractivity contribution in [3.8, 4) is 0 Å². The Kier molecular flexibility index (Phi) is 5.22. The molecule has 2 unspecified atom stereocenters. The van der Waals surface area contributed by atoms with Gasteiger partial charge in [0.2, 0.25) is 0 Å². The molecule has 1 N–H and O–H groups in total. The molecule has 1 fully saturated rings. The first-order valence-corrected chi connectivity index (χ1v) is 7.98. The Balaban J connectivity index is 2.41. The summed E-state index contributed by atoms with van der Waals surface area (Å²) in [5.74, 6) is 0. The van der Waals surface area contributed by atoms with Crippen molar-refractivity contribution in [2.45, 2.75) is 66.0 Å². The maximum Gasteiger partial charge on any atom is 0.0770 e. The Morgan fingerprint density at radius 2 is 1.85 bits per heavy atom. The minimum atomic E-state index is 0.333. The van der Waals surface area contributed by atoms with Gasteiger partial charge >= 0.3 is 0 Å². The van der Waals surface area contributed by atoms with E-state index in [4.69, 9.17) is 4.74 Å². The van der Waals surface area contributed by atoms with E-state index in [2.05, 4.69) is 46.0 Å². The van der Waals surface area contributed by atoms with Crippen molar-refractivity contribution >= 4 is 0 Å². The van der Waals surface area contributed by atoms with Gasteiger partial charge in [-0.3, -0.25) is 0 Å². The molecule has 0 saturated carbocycles.